The van der Waals surface area contributed by atoms with E-state index in [0.717, 1.165) is 6.42 Å². The predicted octanol–water partition coefficient (Wildman–Crippen LogP) is 1.09. The first kappa shape index (κ1) is 8.34. The highest BCUT2D eigenvalue weighted by Gasteiger charge is 1.99. The third kappa shape index (κ3) is 3.88. The summed E-state index contributed by atoms with van der Waals surface area (Å²) in [6.45, 7) is 4.35. The first-order chi connectivity index (χ1) is 4.35. The maximum Gasteiger partial charge on any atom is 0.237 e. The molecule has 0 aromatic heterocycles. The Kier molecular flexibility index (Phi) is 5.07. The molecule has 0 fully saturated rings. The summed E-state index contributed by atoms with van der Waals surface area (Å²) in [6.07, 6.45) is 1.89. The molecule has 0 rings (SSSR count). The van der Waals surface area contributed by atoms with Crippen LogP contribution < -0.4 is 0 Å². The largest absolute Gasteiger partial charge is 0.356 e. The van der Waals surface area contributed by atoms with Gasteiger partial charge >= 0.3 is 0 Å². The standard InChI is InChI=1S/C6H11NO2/c1-3-6(7-5-8)9-4-2/h6H,3-4H2,1-2H3. The predicted molar refractivity (Wildman–Crippen MR) is 33.8 cm³/mol. The molecule has 3 heteroatoms. The Balaban J connectivity index is 3.53. The van der Waals surface area contributed by atoms with Crippen molar-refractivity contribution in [1.29, 1.82) is 0 Å². The van der Waals surface area contributed by atoms with Crippen molar-refractivity contribution in [3.05, 3.63) is 0 Å². The van der Waals surface area contributed by atoms with E-state index in [2.05, 4.69) is 4.99 Å². The normalized spacial score (nSPS) is 12.2. The molecule has 0 radical (unpaired) electrons. The van der Waals surface area contributed by atoms with Crippen LogP contribution in [0.4, 0.5) is 0 Å². The molecule has 0 aliphatic rings. The lowest BCUT2D eigenvalue weighted by atomic mass is 10.4. The molecule has 0 saturated carbocycles. The fraction of sp³-hybridized carbons (Fsp3) is 0.833. The zero-order valence-corrected chi connectivity index (χ0v) is 5.76. The summed E-state index contributed by atoms with van der Waals surface area (Å²) in [7, 11) is 0. The molecule has 0 bridgehead atoms. The first-order valence-corrected chi connectivity index (χ1v) is 3.03. The van der Waals surface area contributed by atoms with Gasteiger partial charge < -0.3 is 4.74 Å². The summed E-state index contributed by atoms with van der Waals surface area (Å²) < 4.78 is 5.00. The van der Waals surface area contributed by atoms with Crippen LogP contribution in [-0.2, 0) is 9.53 Å². The molecule has 52 valence electrons. The number of carbonyl (C=O) groups excluding carboxylic acids is 1. The average Bonchev–Trinajstić information content (AvgIpc) is 1.88. The number of isocyanates is 1. The molecule has 0 amide bonds. The van der Waals surface area contributed by atoms with Gasteiger partial charge in [0, 0.05) is 6.61 Å². The second kappa shape index (κ2) is 5.48. The molecular formula is C6H11NO2. The van der Waals surface area contributed by atoms with Gasteiger partial charge in [0.1, 0.15) is 0 Å². The van der Waals surface area contributed by atoms with Crippen molar-refractivity contribution >= 4 is 6.08 Å². The van der Waals surface area contributed by atoms with Gasteiger partial charge in [0.25, 0.3) is 0 Å². The number of aliphatic imine (C=N–C) groups is 1. The maximum atomic E-state index is 9.68. The summed E-state index contributed by atoms with van der Waals surface area (Å²) in [5, 5.41) is 0. The second-order valence-corrected chi connectivity index (χ2v) is 1.54. The second-order valence-electron chi connectivity index (χ2n) is 1.54. The Labute approximate surface area is 54.7 Å². The van der Waals surface area contributed by atoms with Crippen LogP contribution in [0.2, 0.25) is 0 Å². The number of hydrogen-bond acceptors (Lipinski definition) is 3. The van der Waals surface area contributed by atoms with E-state index in [1.165, 1.54) is 6.08 Å². The van der Waals surface area contributed by atoms with E-state index < -0.39 is 0 Å². The van der Waals surface area contributed by atoms with Crippen LogP contribution >= 0.6 is 0 Å². The first-order valence-electron chi connectivity index (χ1n) is 3.03. The topological polar surface area (TPSA) is 38.7 Å². The van der Waals surface area contributed by atoms with Gasteiger partial charge in [0.05, 0.1) is 0 Å². The molecule has 1 atom stereocenters. The molecular weight excluding hydrogens is 118 g/mol. The third-order valence-corrected chi connectivity index (χ3v) is 0.905. The van der Waals surface area contributed by atoms with Crippen molar-refractivity contribution in [2.24, 2.45) is 4.99 Å². The van der Waals surface area contributed by atoms with Crippen LogP contribution in [0.15, 0.2) is 4.99 Å². The van der Waals surface area contributed by atoms with Gasteiger partial charge in [0.15, 0.2) is 6.23 Å². The van der Waals surface area contributed by atoms with E-state index in [1.807, 2.05) is 13.8 Å². The van der Waals surface area contributed by atoms with Crippen molar-refractivity contribution in [3.8, 4) is 0 Å². The molecule has 0 saturated heterocycles. The highest BCUT2D eigenvalue weighted by atomic mass is 16.5. The molecule has 0 aromatic rings. The van der Waals surface area contributed by atoms with E-state index in [9.17, 15) is 4.79 Å². The lowest BCUT2D eigenvalue weighted by Crippen LogP contribution is -2.07. The fourth-order valence-electron chi connectivity index (χ4n) is 0.498. The Morgan fingerprint density at radius 2 is 2.33 bits per heavy atom. The van der Waals surface area contributed by atoms with Crippen LogP contribution in [0.25, 0.3) is 0 Å². The maximum absolute atomic E-state index is 9.68. The minimum absolute atomic E-state index is 0.285. The molecule has 0 aromatic carbocycles. The summed E-state index contributed by atoms with van der Waals surface area (Å²) >= 11 is 0. The molecule has 0 N–H and O–H groups in total. The molecule has 0 aliphatic heterocycles. The lowest BCUT2D eigenvalue weighted by Gasteiger charge is -2.05. The van der Waals surface area contributed by atoms with Gasteiger partial charge in [-0.1, -0.05) is 6.92 Å². The Hall–Kier alpha value is -0.660. The van der Waals surface area contributed by atoms with Crippen molar-refractivity contribution < 1.29 is 9.53 Å². The molecule has 0 heterocycles. The van der Waals surface area contributed by atoms with E-state index in [0.29, 0.717) is 6.61 Å². The van der Waals surface area contributed by atoms with Gasteiger partial charge in [-0.15, -0.1) is 0 Å². The quantitative estimate of drug-likeness (QED) is 0.421. The van der Waals surface area contributed by atoms with Crippen molar-refractivity contribution in [3.63, 3.8) is 0 Å². The van der Waals surface area contributed by atoms with Gasteiger partial charge in [-0.2, -0.15) is 4.99 Å². The van der Waals surface area contributed by atoms with E-state index >= 15 is 0 Å². The number of hydrogen-bond donors (Lipinski definition) is 0. The van der Waals surface area contributed by atoms with Crippen LogP contribution in [0.1, 0.15) is 20.3 Å². The SMILES string of the molecule is CCOC(CC)N=C=O. The summed E-state index contributed by atoms with van der Waals surface area (Å²) in [5.74, 6) is 0. The van der Waals surface area contributed by atoms with E-state index in [-0.39, 0.29) is 6.23 Å². The molecule has 9 heavy (non-hydrogen) atoms. The smallest absolute Gasteiger partial charge is 0.237 e. The molecule has 1 unspecified atom stereocenters. The highest BCUT2D eigenvalue weighted by molar-refractivity contribution is 5.33. The van der Waals surface area contributed by atoms with E-state index in [4.69, 9.17) is 4.74 Å². The van der Waals surface area contributed by atoms with Crippen molar-refractivity contribution in [1.82, 2.24) is 0 Å². The average molecular weight is 129 g/mol. The van der Waals surface area contributed by atoms with Crippen molar-refractivity contribution in [2.45, 2.75) is 26.5 Å². The lowest BCUT2D eigenvalue weighted by molar-refractivity contribution is 0.0670. The number of ether oxygens (including phenoxy) is 1. The van der Waals surface area contributed by atoms with Crippen LogP contribution in [0, 0.1) is 0 Å². The van der Waals surface area contributed by atoms with Crippen LogP contribution in [0.5, 0.6) is 0 Å². The van der Waals surface area contributed by atoms with Gasteiger partial charge in [-0.05, 0) is 13.3 Å². The Bertz CT molecular complexity index is 108. The van der Waals surface area contributed by atoms with Crippen molar-refractivity contribution in [2.75, 3.05) is 6.61 Å². The highest BCUT2D eigenvalue weighted by Crippen LogP contribution is 1.96. The van der Waals surface area contributed by atoms with Gasteiger partial charge in [0.2, 0.25) is 6.08 Å². The Morgan fingerprint density at radius 1 is 1.67 bits per heavy atom. The van der Waals surface area contributed by atoms with Gasteiger partial charge in [-0.3, -0.25) is 0 Å². The molecule has 0 aliphatic carbocycles. The van der Waals surface area contributed by atoms with Crippen LogP contribution in [0.3, 0.4) is 0 Å². The minimum Gasteiger partial charge on any atom is -0.356 e. The summed E-state index contributed by atoms with van der Waals surface area (Å²) in [6, 6.07) is 0. The molecule has 0 spiro atoms. The Morgan fingerprint density at radius 3 is 2.67 bits per heavy atom. The summed E-state index contributed by atoms with van der Waals surface area (Å²) in [5.41, 5.74) is 0. The fourth-order valence-corrected chi connectivity index (χ4v) is 0.498. The zero-order chi connectivity index (χ0) is 7.11. The number of nitrogens with zero attached hydrogens (tertiary/aromatic N) is 1. The summed E-state index contributed by atoms with van der Waals surface area (Å²) in [4.78, 5) is 13.1. The minimum atomic E-state index is -0.285. The van der Waals surface area contributed by atoms with Gasteiger partial charge in [-0.25, -0.2) is 4.79 Å². The zero-order valence-electron chi connectivity index (χ0n) is 5.76. The number of rotatable bonds is 4. The van der Waals surface area contributed by atoms with Crippen LogP contribution in [-0.4, -0.2) is 18.9 Å². The molecule has 3 nitrogen and oxygen atoms in total. The van der Waals surface area contributed by atoms with E-state index in [1.54, 1.807) is 0 Å². The monoisotopic (exact) mass is 129 g/mol. The third-order valence-electron chi connectivity index (χ3n) is 0.905.